The Bertz CT molecular complexity index is 1510. The first-order valence-electron chi connectivity index (χ1n) is 15.0. The molecule has 3 amide bonds. The number of ether oxygens (including phenoxy) is 1. The summed E-state index contributed by atoms with van der Waals surface area (Å²) >= 11 is 0. The quantitative estimate of drug-likeness (QED) is 0.362. The average molecular weight is 570 g/mol. The van der Waals surface area contributed by atoms with Crippen LogP contribution < -0.4 is 10.6 Å². The SMILES string of the molecule is CCCNC(=O)[C@H]1[C@H]2C(=O)N([C@@H](CO)Cc3ccccc3)C(C(=O)Nc3ccc4ccccc4c3)C23CC(C)[C@]1(C)O3. The van der Waals surface area contributed by atoms with Crippen molar-refractivity contribution < 1.29 is 24.2 Å². The molecule has 3 aliphatic rings. The molecule has 3 unspecified atom stereocenters. The predicted molar refractivity (Wildman–Crippen MR) is 161 cm³/mol. The second kappa shape index (κ2) is 10.8. The van der Waals surface area contributed by atoms with E-state index < -0.39 is 35.1 Å². The molecule has 3 fully saturated rings. The van der Waals surface area contributed by atoms with Crippen LogP contribution in [-0.2, 0) is 25.5 Å². The third-order valence-electron chi connectivity index (χ3n) is 9.77. The third-order valence-corrected chi connectivity index (χ3v) is 9.77. The van der Waals surface area contributed by atoms with Gasteiger partial charge < -0.3 is 25.4 Å². The van der Waals surface area contributed by atoms with Crippen LogP contribution >= 0.6 is 0 Å². The minimum absolute atomic E-state index is 0.0588. The molecule has 1 spiro atoms. The Morgan fingerprint density at radius 2 is 1.76 bits per heavy atom. The van der Waals surface area contributed by atoms with Gasteiger partial charge in [-0.25, -0.2) is 0 Å². The monoisotopic (exact) mass is 569 g/mol. The van der Waals surface area contributed by atoms with Crippen LogP contribution in [0, 0.1) is 17.8 Å². The fourth-order valence-corrected chi connectivity index (χ4v) is 7.74. The highest BCUT2D eigenvalue weighted by atomic mass is 16.5. The molecule has 8 heteroatoms. The summed E-state index contributed by atoms with van der Waals surface area (Å²) in [7, 11) is 0. The number of hydrogen-bond donors (Lipinski definition) is 3. The molecule has 2 bridgehead atoms. The lowest BCUT2D eigenvalue weighted by atomic mass is 9.62. The standard InChI is InChI=1S/C34H39N3O5/c1-4-16-35-30(39)27-28-32(41)37(26(20-38)17-22-10-6-5-7-11-22)29(34(28)19-21(2)33(27,3)42-34)31(40)36-25-15-14-23-12-8-9-13-24(23)18-25/h5-15,18,21,26-29,38H,4,16-17,19-20H2,1-3H3,(H,35,39)(H,36,40)/t21?,26-,27-,28+,29?,33+,34?/m1/s1. The fraction of sp³-hybridized carbons (Fsp3) is 0.441. The number of carbonyl (C=O) groups is 3. The highest BCUT2D eigenvalue weighted by Crippen LogP contribution is 2.65. The lowest BCUT2D eigenvalue weighted by Crippen LogP contribution is -2.57. The van der Waals surface area contributed by atoms with E-state index in [4.69, 9.17) is 4.74 Å². The van der Waals surface area contributed by atoms with E-state index in [-0.39, 0.29) is 30.2 Å². The summed E-state index contributed by atoms with van der Waals surface area (Å²) in [4.78, 5) is 44.1. The first-order valence-corrected chi connectivity index (χ1v) is 15.0. The number of hydrogen-bond acceptors (Lipinski definition) is 5. The van der Waals surface area contributed by atoms with E-state index in [1.165, 1.54) is 4.90 Å². The van der Waals surface area contributed by atoms with Gasteiger partial charge in [-0.05, 0) is 60.6 Å². The Balaban J connectivity index is 1.42. The van der Waals surface area contributed by atoms with E-state index in [9.17, 15) is 19.5 Å². The molecule has 8 nitrogen and oxygen atoms in total. The Kier molecular flexibility index (Phi) is 7.31. The van der Waals surface area contributed by atoms with E-state index in [0.29, 0.717) is 25.1 Å². The van der Waals surface area contributed by atoms with Gasteiger partial charge in [0, 0.05) is 12.2 Å². The van der Waals surface area contributed by atoms with Gasteiger partial charge in [0.2, 0.25) is 17.7 Å². The van der Waals surface area contributed by atoms with Crippen molar-refractivity contribution in [3.63, 3.8) is 0 Å². The topological polar surface area (TPSA) is 108 Å². The molecule has 3 aromatic rings. The molecular formula is C34H39N3O5. The largest absolute Gasteiger partial charge is 0.394 e. The third kappa shape index (κ3) is 4.39. The zero-order valence-corrected chi connectivity index (χ0v) is 24.4. The Labute approximate surface area is 246 Å². The second-order valence-corrected chi connectivity index (χ2v) is 12.3. The number of fused-ring (bicyclic) bond motifs is 2. The van der Waals surface area contributed by atoms with Gasteiger partial charge in [0.05, 0.1) is 30.1 Å². The minimum Gasteiger partial charge on any atom is -0.394 e. The molecule has 3 heterocycles. The summed E-state index contributed by atoms with van der Waals surface area (Å²) in [5.74, 6) is -2.53. The predicted octanol–water partition coefficient (Wildman–Crippen LogP) is 3.92. The van der Waals surface area contributed by atoms with E-state index >= 15 is 0 Å². The number of benzene rings is 3. The number of amides is 3. The van der Waals surface area contributed by atoms with Gasteiger partial charge in [0.25, 0.3) is 0 Å². The number of aliphatic hydroxyl groups excluding tert-OH is 1. The number of nitrogens with zero attached hydrogens (tertiary/aromatic N) is 1. The molecule has 0 saturated carbocycles. The normalized spacial score (nSPS) is 30.4. The number of rotatable bonds is 9. The fourth-order valence-electron chi connectivity index (χ4n) is 7.74. The molecule has 0 aliphatic carbocycles. The minimum atomic E-state index is -1.19. The smallest absolute Gasteiger partial charge is 0.250 e. The second-order valence-electron chi connectivity index (χ2n) is 12.3. The van der Waals surface area contributed by atoms with Crippen LogP contribution in [0.2, 0.25) is 0 Å². The summed E-state index contributed by atoms with van der Waals surface area (Å²) in [6, 6.07) is 21.5. The Hall–Kier alpha value is -3.75. The van der Waals surface area contributed by atoms with Gasteiger partial charge in [-0.15, -0.1) is 0 Å². The Morgan fingerprint density at radius 1 is 1.05 bits per heavy atom. The highest BCUT2D eigenvalue weighted by molar-refractivity contribution is 6.04. The van der Waals surface area contributed by atoms with Crippen LogP contribution in [0.1, 0.15) is 39.2 Å². The molecule has 3 aromatic carbocycles. The molecule has 3 aliphatic heterocycles. The van der Waals surface area contributed by atoms with Gasteiger partial charge in [-0.2, -0.15) is 0 Å². The lowest BCUT2D eigenvalue weighted by Gasteiger charge is -2.37. The summed E-state index contributed by atoms with van der Waals surface area (Å²) in [6.07, 6.45) is 1.60. The van der Waals surface area contributed by atoms with Crippen LogP contribution in [0.3, 0.4) is 0 Å². The van der Waals surface area contributed by atoms with Crippen LogP contribution in [0.5, 0.6) is 0 Å². The van der Waals surface area contributed by atoms with E-state index in [1.807, 2.05) is 93.6 Å². The molecule has 0 radical (unpaired) electrons. The first-order chi connectivity index (χ1) is 20.2. The average Bonchev–Trinajstić information content (AvgIpc) is 3.51. The Morgan fingerprint density at radius 3 is 2.48 bits per heavy atom. The van der Waals surface area contributed by atoms with Crippen LogP contribution in [0.4, 0.5) is 5.69 Å². The molecule has 3 saturated heterocycles. The summed E-state index contributed by atoms with van der Waals surface area (Å²) in [6.45, 7) is 6.09. The maximum absolute atomic E-state index is 14.5. The maximum atomic E-state index is 14.5. The lowest BCUT2D eigenvalue weighted by molar-refractivity contribution is -0.149. The van der Waals surface area contributed by atoms with Crippen molar-refractivity contribution >= 4 is 34.2 Å². The van der Waals surface area contributed by atoms with Gasteiger partial charge in [-0.1, -0.05) is 74.5 Å². The van der Waals surface area contributed by atoms with Crippen molar-refractivity contribution in [3.05, 3.63) is 78.4 Å². The maximum Gasteiger partial charge on any atom is 0.250 e. The molecule has 42 heavy (non-hydrogen) atoms. The van der Waals surface area contributed by atoms with Crippen molar-refractivity contribution in [1.82, 2.24) is 10.2 Å². The number of nitrogens with one attached hydrogen (secondary N) is 2. The van der Waals surface area contributed by atoms with E-state index in [0.717, 1.165) is 22.8 Å². The molecular weight excluding hydrogens is 530 g/mol. The van der Waals surface area contributed by atoms with Crippen molar-refractivity contribution in [3.8, 4) is 0 Å². The zero-order valence-electron chi connectivity index (χ0n) is 24.4. The molecule has 0 aromatic heterocycles. The summed E-state index contributed by atoms with van der Waals surface area (Å²) in [5.41, 5.74) is -0.529. The molecule has 6 rings (SSSR count). The summed E-state index contributed by atoms with van der Waals surface area (Å²) in [5, 5.41) is 18.7. The highest BCUT2D eigenvalue weighted by Gasteiger charge is 2.80. The summed E-state index contributed by atoms with van der Waals surface area (Å²) < 4.78 is 6.82. The molecule has 220 valence electrons. The van der Waals surface area contributed by atoms with Gasteiger partial charge in [0.15, 0.2) is 0 Å². The van der Waals surface area contributed by atoms with Gasteiger partial charge >= 0.3 is 0 Å². The van der Waals surface area contributed by atoms with E-state index in [2.05, 4.69) is 10.6 Å². The van der Waals surface area contributed by atoms with E-state index in [1.54, 1.807) is 0 Å². The number of carbonyl (C=O) groups excluding carboxylic acids is 3. The van der Waals surface area contributed by atoms with Crippen molar-refractivity contribution in [2.45, 2.75) is 63.3 Å². The first kappa shape index (κ1) is 28.4. The zero-order chi connectivity index (χ0) is 29.6. The van der Waals surface area contributed by atoms with Crippen molar-refractivity contribution in [2.24, 2.45) is 17.8 Å². The van der Waals surface area contributed by atoms with Crippen LogP contribution in [0.25, 0.3) is 10.8 Å². The molecule has 7 atom stereocenters. The molecule has 3 N–H and O–H groups in total. The van der Waals surface area contributed by atoms with Gasteiger partial charge in [-0.3, -0.25) is 14.4 Å². The van der Waals surface area contributed by atoms with Crippen molar-refractivity contribution in [2.75, 3.05) is 18.5 Å². The number of anilines is 1. The number of likely N-dealkylation sites (tertiary alicyclic amines) is 1. The number of aliphatic hydroxyl groups is 1. The van der Waals surface area contributed by atoms with Gasteiger partial charge in [0.1, 0.15) is 11.6 Å². The van der Waals surface area contributed by atoms with Crippen LogP contribution in [0.15, 0.2) is 72.8 Å². The van der Waals surface area contributed by atoms with Crippen molar-refractivity contribution in [1.29, 1.82) is 0 Å². The van der Waals surface area contributed by atoms with Crippen LogP contribution in [-0.4, -0.2) is 64.2 Å².